The van der Waals surface area contributed by atoms with Gasteiger partial charge in [-0.05, 0) is 34.2 Å². The fourth-order valence-electron chi connectivity index (χ4n) is 1.61. The zero-order valence-electron chi connectivity index (χ0n) is 11.5. The molecule has 98 valence electrons. The van der Waals surface area contributed by atoms with Crippen molar-refractivity contribution in [1.82, 2.24) is 4.90 Å². The maximum absolute atomic E-state index is 5.80. The number of ether oxygens (including phenoxy) is 2. The fraction of sp³-hybridized carbons (Fsp3) is 1.00. The van der Waals surface area contributed by atoms with Gasteiger partial charge in [0.25, 0.3) is 0 Å². The van der Waals surface area contributed by atoms with Crippen LogP contribution in [0.1, 0.15) is 27.2 Å². The molecule has 16 heavy (non-hydrogen) atoms. The third kappa shape index (κ3) is 6.43. The summed E-state index contributed by atoms with van der Waals surface area (Å²) >= 11 is 0. The van der Waals surface area contributed by atoms with E-state index in [0.29, 0.717) is 12.6 Å². The Bertz CT molecular complexity index is 174. The first-order valence-corrected chi connectivity index (χ1v) is 6.00. The Morgan fingerprint density at radius 1 is 1.38 bits per heavy atom. The average molecular weight is 232 g/mol. The molecule has 0 amide bonds. The standard InChI is InChI=1S/C12H28N2O2/c1-6-16-8-7-14(4)11(10-13)9-12(2,3)15-5/h11H,6-10,13H2,1-5H3. The molecule has 0 radical (unpaired) electrons. The second-order valence-corrected chi connectivity index (χ2v) is 4.73. The molecule has 1 atom stereocenters. The van der Waals surface area contributed by atoms with E-state index < -0.39 is 0 Å². The summed E-state index contributed by atoms with van der Waals surface area (Å²) in [5.74, 6) is 0. The molecule has 0 aromatic heterocycles. The number of hydrogen-bond donors (Lipinski definition) is 1. The van der Waals surface area contributed by atoms with Crippen molar-refractivity contribution in [2.75, 3.05) is 40.5 Å². The molecule has 1 unspecified atom stereocenters. The monoisotopic (exact) mass is 232 g/mol. The summed E-state index contributed by atoms with van der Waals surface area (Å²) in [5.41, 5.74) is 5.68. The molecule has 2 N–H and O–H groups in total. The van der Waals surface area contributed by atoms with Gasteiger partial charge in [0.05, 0.1) is 12.2 Å². The predicted octanol–water partition coefficient (Wildman–Crippen LogP) is 1.10. The molecule has 0 saturated carbocycles. The van der Waals surface area contributed by atoms with Crippen LogP contribution in [0.25, 0.3) is 0 Å². The zero-order chi connectivity index (χ0) is 12.6. The molecule has 0 bridgehead atoms. The minimum Gasteiger partial charge on any atom is -0.380 e. The molecule has 0 heterocycles. The molecule has 0 spiro atoms. The van der Waals surface area contributed by atoms with Crippen molar-refractivity contribution >= 4 is 0 Å². The van der Waals surface area contributed by atoms with Crippen LogP contribution in [0.2, 0.25) is 0 Å². The molecule has 0 aliphatic carbocycles. The maximum Gasteiger partial charge on any atom is 0.0638 e. The predicted molar refractivity (Wildman–Crippen MR) is 67.7 cm³/mol. The Morgan fingerprint density at radius 3 is 2.44 bits per heavy atom. The number of rotatable bonds is 9. The summed E-state index contributed by atoms with van der Waals surface area (Å²) in [6.07, 6.45) is 0.933. The van der Waals surface area contributed by atoms with Crippen molar-refractivity contribution in [3.05, 3.63) is 0 Å². The van der Waals surface area contributed by atoms with Crippen LogP contribution >= 0.6 is 0 Å². The van der Waals surface area contributed by atoms with Gasteiger partial charge >= 0.3 is 0 Å². The van der Waals surface area contributed by atoms with Gasteiger partial charge in [-0.1, -0.05) is 0 Å². The highest BCUT2D eigenvalue weighted by Gasteiger charge is 2.24. The van der Waals surface area contributed by atoms with Crippen LogP contribution < -0.4 is 5.73 Å². The first-order valence-electron chi connectivity index (χ1n) is 6.00. The zero-order valence-corrected chi connectivity index (χ0v) is 11.5. The second-order valence-electron chi connectivity index (χ2n) is 4.73. The normalized spacial score (nSPS) is 14.4. The SMILES string of the molecule is CCOCCN(C)C(CN)CC(C)(C)OC. The number of nitrogens with zero attached hydrogens (tertiary/aromatic N) is 1. The van der Waals surface area contributed by atoms with E-state index in [9.17, 15) is 0 Å². The molecule has 0 aliphatic heterocycles. The van der Waals surface area contributed by atoms with Gasteiger partial charge in [0, 0.05) is 32.8 Å². The van der Waals surface area contributed by atoms with E-state index in [2.05, 4.69) is 25.8 Å². The Morgan fingerprint density at radius 2 is 2.00 bits per heavy atom. The van der Waals surface area contributed by atoms with E-state index in [1.807, 2.05) is 6.92 Å². The highest BCUT2D eigenvalue weighted by Crippen LogP contribution is 2.17. The molecular formula is C12H28N2O2. The molecule has 0 aliphatic rings. The van der Waals surface area contributed by atoms with Crippen molar-refractivity contribution in [3.8, 4) is 0 Å². The minimum absolute atomic E-state index is 0.121. The molecule has 0 aromatic carbocycles. The molecule has 0 saturated heterocycles. The van der Waals surface area contributed by atoms with Crippen LogP contribution in [-0.2, 0) is 9.47 Å². The van der Waals surface area contributed by atoms with Crippen molar-refractivity contribution in [2.45, 2.75) is 38.8 Å². The second kappa shape index (κ2) is 8.01. The van der Waals surface area contributed by atoms with Gasteiger partial charge in [0.1, 0.15) is 0 Å². The molecule has 0 fully saturated rings. The van der Waals surface area contributed by atoms with Gasteiger partial charge in [-0.15, -0.1) is 0 Å². The number of methoxy groups -OCH3 is 1. The van der Waals surface area contributed by atoms with E-state index in [0.717, 1.165) is 26.2 Å². The third-order valence-corrected chi connectivity index (χ3v) is 2.97. The van der Waals surface area contributed by atoms with Crippen molar-refractivity contribution in [3.63, 3.8) is 0 Å². The summed E-state index contributed by atoms with van der Waals surface area (Å²) in [6.45, 7) is 9.28. The highest BCUT2D eigenvalue weighted by atomic mass is 16.5. The van der Waals surface area contributed by atoms with Gasteiger partial charge in [-0.3, -0.25) is 4.90 Å². The third-order valence-electron chi connectivity index (χ3n) is 2.97. The molecule has 0 rings (SSSR count). The van der Waals surface area contributed by atoms with Gasteiger partial charge < -0.3 is 15.2 Å². The first-order chi connectivity index (χ1) is 7.46. The number of hydrogen-bond acceptors (Lipinski definition) is 4. The summed E-state index contributed by atoms with van der Waals surface area (Å²) in [4.78, 5) is 2.25. The lowest BCUT2D eigenvalue weighted by Crippen LogP contribution is -2.44. The fourth-order valence-corrected chi connectivity index (χ4v) is 1.61. The largest absolute Gasteiger partial charge is 0.380 e. The van der Waals surface area contributed by atoms with Crippen LogP contribution in [0, 0.1) is 0 Å². The Kier molecular flexibility index (Phi) is 7.93. The molecule has 0 aromatic rings. The van der Waals surface area contributed by atoms with Gasteiger partial charge in [-0.2, -0.15) is 0 Å². The Labute approximate surface area is 100 Å². The molecule has 4 nitrogen and oxygen atoms in total. The van der Waals surface area contributed by atoms with Crippen molar-refractivity contribution in [1.29, 1.82) is 0 Å². The smallest absolute Gasteiger partial charge is 0.0638 e. The van der Waals surface area contributed by atoms with Crippen LogP contribution in [0.5, 0.6) is 0 Å². The van der Waals surface area contributed by atoms with Crippen molar-refractivity contribution in [2.24, 2.45) is 5.73 Å². The lowest BCUT2D eigenvalue weighted by molar-refractivity contribution is -0.00751. The Balaban J connectivity index is 4.05. The van der Waals surface area contributed by atoms with E-state index in [-0.39, 0.29) is 5.60 Å². The van der Waals surface area contributed by atoms with Crippen LogP contribution in [-0.4, -0.2) is 57.0 Å². The van der Waals surface area contributed by atoms with Crippen LogP contribution in [0.15, 0.2) is 0 Å². The van der Waals surface area contributed by atoms with Gasteiger partial charge in [0.15, 0.2) is 0 Å². The molecule has 4 heteroatoms. The van der Waals surface area contributed by atoms with Crippen LogP contribution in [0.3, 0.4) is 0 Å². The number of likely N-dealkylation sites (N-methyl/N-ethyl adjacent to an activating group) is 1. The Hall–Kier alpha value is -0.160. The summed E-state index contributed by atoms with van der Waals surface area (Å²) in [6, 6.07) is 0.343. The van der Waals surface area contributed by atoms with E-state index in [1.165, 1.54) is 0 Å². The first kappa shape index (κ1) is 15.8. The van der Waals surface area contributed by atoms with Gasteiger partial charge in [-0.25, -0.2) is 0 Å². The van der Waals surface area contributed by atoms with E-state index in [4.69, 9.17) is 15.2 Å². The van der Waals surface area contributed by atoms with E-state index >= 15 is 0 Å². The lowest BCUT2D eigenvalue weighted by atomic mass is 9.98. The molecular weight excluding hydrogens is 204 g/mol. The number of nitrogens with two attached hydrogens (primary N) is 1. The van der Waals surface area contributed by atoms with Gasteiger partial charge in [0.2, 0.25) is 0 Å². The van der Waals surface area contributed by atoms with Crippen molar-refractivity contribution < 1.29 is 9.47 Å². The summed E-state index contributed by atoms with van der Waals surface area (Å²) in [7, 11) is 3.83. The quantitative estimate of drug-likeness (QED) is 0.605. The maximum atomic E-state index is 5.80. The summed E-state index contributed by atoms with van der Waals surface area (Å²) in [5, 5.41) is 0. The van der Waals surface area contributed by atoms with E-state index in [1.54, 1.807) is 7.11 Å². The average Bonchev–Trinajstić information content (AvgIpc) is 2.26. The summed E-state index contributed by atoms with van der Waals surface area (Å²) < 4.78 is 10.8. The van der Waals surface area contributed by atoms with Crippen LogP contribution in [0.4, 0.5) is 0 Å². The topological polar surface area (TPSA) is 47.7 Å². The highest BCUT2D eigenvalue weighted by molar-refractivity contribution is 4.79. The lowest BCUT2D eigenvalue weighted by Gasteiger charge is -2.33. The minimum atomic E-state index is -0.121.